The Labute approximate surface area is 231 Å². The van der Waals surface area contributed by atoms with Gasteiger partial charge in [0.25, 0.3) is 5.91 Å². The molecule has 1 saturated heterocycles. The predicted molar refractivity (Wildman–Crippen MR) is 153 cm³/mol. The lowest BCUT2D eigenvalue weighted by Crippen LogP contribution is -2.50. The molecule has 7 heteroatoms. The van der Waals surface area contributed by atoms with E-state index in [1.54, 1.807) is 14.2 Å². The molecule has 206 valence electrons. The Morgan fingerprint density at radius 1 is 0.846 bits per heavy atom. The molecule has 2 aliphatic rings. The van der Waals surface area contributed by atoms with Gasteiger partial charge in [-0.1, -0.05) is 31.7 Å². The smallest absolute Gasteiger partial charge is 0.255 e. The number of rotatable bonds is 8. The molecule has 1 aromatic heterocycles. The highest BCUT2D eigenvalue weighted by Gasteiger charge is 2.28. The van der Waals surface area contributed by atoms with Crippen molar-refractivity contribution in [1.82, 2.24) is 14.4 Å². The van der Waals surface area contributed by atoms with E-state index in [0.29, 0.717) is 44.1 Å². The summed E-state index contributed by atoms with van der Waals surface area (Å²) in [5.41, 5.74) is 4.37. The second-order valence-electron chi connectivity index (χ2n) is 10.7. The Morgan fingerprint density at radius 3 is 2.18 bits per heavy atom. The van der Waals surface area contributed by atoms with Crippen LogP contribution in [0.1, 0.15) is 54.6 Å². The fraction of sp³-hybridized carbons (Fsp3) is 0.438. The quantitative estimate of drug-likeness (QED) is 0.374. The van der Waals surface area contributed by atoms with E-state index in [1.165, 1.54) is 25.7 Å². The van der Waals surface area contributed by atoms with Crippen LogP contribution < -0.4 is 9.47 Å². The fourth-order valence-corrected chi connectivity index (χ4v) is 5.99. The molecular weight excluding hydrogens is 490 g/mol. The van der Waals surface area contributed by atoms with Crippen molar-refractivity contribution in [3.8, 4) is 28.4 Å². The number of piperazine rings is 1. The van der Waals surface area contributed by atoms with Gasteiger partial charge in [0.15, 0.2) is 0 Å². The van der Waals surface area contributed by atoms with Crippen LogP contribution in [0.3, 0.4) is 0 Å². The summed E-state index contributed by atoms with van der Waals surface area (Å²) in [6, 6.07) is 17.7. The maximum absolute atomic E-state index is 13.8. The number of hydrogen-bond acceptors (Lipinski definition) is 4. The summed E-state index contributed by atoms with van der Waals surface area (Å²) in [5, 5.41) is 0. The van der Waals surface area contributed by atoms with Gasteiger partial charge in [0.2, 0.25) is 5.91 Å². The van der Waals surface area contributed by atoms with Crippen molar-refractivity contribution in [2.45, 2.75) is 45.4 Å². The molecular formula is C32H39N3O4. The molecule has 0 radical (unpaired) electrons. The number of carbonyl (C=O) groups excluding carboxylic acids is 2. The number of nitrogens with zero attached hydrogens (tertiary/aromatic N) is 3. The fourth-order valence-electron chi connectivity index (χ4n) is 5.99. The second kappa shape index (κ2) is 12.0. The lowest BCUT2D eigenvalue weighted by molar-refractivity contribution is -0.133. The first-order valence-electron chi connectivity index (χ1n) is 14.1. The summed E-state index contributed by atoms with van der Waals surface area (Å²) in [7, 11) is 3.30. The Kier molecular flexibility index (Phi) is 8.24. The number of amides is 2. The first-order chi connectivity index (χ1) is 19.0. The molecule has 7 nitrogen and oxygen atoms in total. The molecule has 2 heterocycles. The van der Waals surface area contributed by atoms with E-state index in [0.717, 1.165) is 40.6 Å². The molecule has 1 saturated carbocycles. The molecule has 0 unspecified atom stereocenters. The van der Waals surface area contributed by atoms with Gasteiger partial charge in [-0.05, 0) is 67.3 Å². The van der Waals surface area contributed by atoms with Crippen LogP contribution in [0, 0.1) is 12.8 Å². The van der Waals surface area contributed by atoms with Crippen LogP contribution >= 0.6 is 0 Å². The minimum atomic E-state index is 0.00182. The van der Waals surface area contributed by atoms with E-state index in [1.807, 2.05) is 71.3 Å². The third kappa shape index (κ3) is 5.82. The van der Waals surface area contributed by atoms with Crippen molar-refractivity contribution in [2.75, 3.05) is 40.4 Å². The Hall–Kier alpha value is -3.74. The van der Waals surface area contributed by atoms with Crippen LogP contribution in [0.2, 0.25) is 0 Å². The van der Waals surface area contributed by atoms with Gasteiger partial charge in [-0.25, -0.2) is 0 Å². The second-order valence-corrected chi connectivity index (χ2v) is 10.7. The van der Waals surface area contributed by atoms with E-state index in [4.69, 9.17) is 9.47 Å². The van der Waals surface area contributed by atoms with E-state index in [2.05, 4.69) is 4.57 Å². The number of carbonyl (C=O) groups is 2. The van der Waals surface area contributed by atoms with E-state index < -0.39 is 0 Å². The largest absolute Gasteiger partial charge is 0.497 e. The van der Waals surface area contributed by atoms with Gasteiger partial charge < -0.3 is 23.8 Å². The van der Waals surface area contributed by atoms with Gasteiger partial charge >= 0.3 is 0 Å². The van der Waals surface area contributed by atoms with Gasteiger partial charge in [-0.15, -0.1) is 0 Å². The zero-order valence-corrected chi connectivity index (χ0v) is 23.3. The minimum Gasteiger partial charge on any atom is -0.497 e. The van der Waals surface area contributed by atoms with Gasteiger partial charge in [0.1, 0.15) is 11.5 Å². The molecule has 1 aliphatic carbocycles. The van der Waals surface area contributed by atoms with Crippen molar-refractivity contribution in [3.05, 3.63) is 65.9 Å². The summed E-state index contributed by atoms with van der Waals surface area (Å²) in [6.45, 7) is 4.28. The van der Waals surface area contributed by atoms with Gasteiger partial charge in [0, 0.05) is 50.0 Å². The summed E-state index contributed by atoms with van der Waals surface area (Å²) in [5.74, 6) is 2.48. The van der Waals surface area contributed by atoms with Crippen LogP contribution in [-0.4, -0.2) is 66.6 Å². The molecule has 0 bridgehead atoms. The summed E-state index contributed by atoms with van der Waals surface area (Å²) in [4.78, 5) is 30.5. The summed E-state index contributed by atoms with van der Waals surface area (Å²) >= 11 is 0. The number of benzene rings is 2. The molecule has 3 aromatic rings. The zero-order valence-electron chi connectivity index (χ0n) is 23.3. The molecule has 5 rings (SSSR count). The average molecular weight is 530 g/mol. The van der Waals surface area contributed by atoms with Crippen LogP contribution in [0.5, 0.6) is 11.5 Å². The van der Waals surface area contributed by atoms with Crippen molar-refractivity contribution < 1.29 is 19.1 Å². The standard InChI is InChI=1S/C32H39N3O4/c1-23-29(32(37)34-19-17-33(18-20-34)31(36)16-11-24-7-4-5-8-24)22-30(25-12-14-27(38-2)15-13-25)35(23)26-9-6-10-28(21-26)39-3/h6,9-10,12-15,21-22,24H,4-5,7-8,11,16-20H2,1-3H3. The maximum Gasteiger partial charge on any atom is 0.255 e. The van der Waals surface area contributed by atoms with Gasteiger partial charge in [-0.3, -0.25) is 9.59 Å². The molecule has 39 heavy (non-hydrogen) atoms. The van der Waals surface area contributed by atoms with E-state index in [9.17, 15) is 9.59 Å². The monoisotopic (exact) mass is 529 g/mol. The highest BCUT2D eigenvalue weighted by Crippen LogP contribution is 2.33. The highest BCUT2D eigenvalue weighted by atomic mass is 16.5. The number of hydrogen-bond donors (Lipinski definition) is 0. The Balaban J connectivity index is 1.36. The first-order valence-corrected chi connectivity index (χ1v) is 14.1. The topological polar surface area (TPSA) is 64.0 Å². The van der Waals surface area contributed by atoms with Crippen molar-refractivity contribution in [1.29, 1.82) is 0 Å². The molecule has 2 aromatic carbocycles. The highest BCUT2D eigenvalue weighted by molar-refractivity contribution is 5.97. The maximum atomic E-state index is 13.8. The molecule has 0 atom stereocenters. The van der Waals surface area contributed by atoms with E-state index >= 15 is 0 Å². The van der Waals surface area contributed by atoms with Crippen LogP contribution in [0.25, 0.3) is 16.9 Å². The van der Waals surface area contributed by atoms with Crippen molar-refractivity contribution >= 4 is 11.8 Å². The molecule has 1 aliphatic heterocycles. The summed E-state index contributed by atoms with van der Waals surface area (Å²) < 4.78 is 12.9. The number of aromatic nitrogens is 1. The minimum absolute atomic E-state index is 0.00182. The van der Waals surface area contributed by atoms with Crippen LogP contribution in [0.15, 0.2) is 54.6 Å². The molecule has 0 spiro atoms. The SMILES string of the molecule is COc1ccc(-c2cc(C(=O)N3CCN(C(=O)CCC4CCCC4)CC3)c(C)n2-c2cccc(OC)c2)cc1. The van der Waals surface area contributed by atoms with Crippen LogP contribution in [-0.2, 0) is 4.79 Å². The van der Waals surface area contributed by atoms with Gasteiger partial charge in [0.05, 0.1) is 25.5 Å². The Bertz CT molecular complexity index is 1300. The number of methoxy groups -OCH3 is 2. The molecule has 2 amide bonds. The van der Waals surface area contributed by atoms with Crippen LogP contribution in [0.4, 0.5) is 0 Å². The zero-order chi connectivity index (χ0) is 27.4. The molecule has 0 N–H and O–H groups in total. The Morgan fingerprint density at radius 2 is 1.51 bits per heavy atom. The lowest BCUT2D eigenvalue weighted by Gasteiger charge is -2.35. The van der Waals surface area contributed by atoms with Crippen molar-refractivity contribution in [3.63, 3.8) is 0 Å². The average Bonchev–Trinajstić information content (AvgIpc) is 3.63. The predicted octanol–water partition coefficient (Wildman–Crippen LogP) is 5.72. The van der Waals surface area contributed by atoms with E-state index in [-0.39, 0.29) is 11.8 Å². The summed E-state index contributed by atoms with van der Waals surface area (Å²) in [6.07, 6.45) is 6.78. The van der Waals surface area contributed by atoms with Gasteiger partial charge in [-0.2, -0.15) is 0 Å². The lowest BCUT2D eigenvalue weighted by atomic mass is 10.0. The van der Waals surface area contributed by atoms with Crippen molar-refractivity contribution in [2.24, 2.45) is 5.92 Å². The third-order valence-electron chi connectivity index (χ3n) is 8.34. The normalized spacial score (nSPS) is 16.0. The number of ether oxygens (including phenoxy) is 2. The third-order valence-corrected chi connectivity index (χ3v) is 8.34. The molecule has 2 fully saturated rings. The first kappa shape index (κ1) is 26.9.